The van der Waals surface area contributed by atoms with E-state index >= 15 is 0 Å². The third kappa shape index (κ3) is 4.53. The van der Waals surface area contributed by atoms with Gasteiger partial charge in [0.15, 0.2) is 0 Å². The molecule has 0 aliphatic rings. The Balaban J connectivity index is 2.80. The van der Waals surface area contributed by atoms with E-state index in [0.717, 1.165) is 17.9 Å². The number of hydrogen-bond acceptors (Lipinski definition) is 3. The number of aryl methyl sites for hydroxylation is 1. The van der Waals surface area contributed by atoms with Crippen molar-refractivity contribution in [3.63, 3.8) is 0 Å². The lowest BCUT2D eigenvalue weighted by atomic mass is 10.1. The van der Waals surface area contributed by atoms with Crippen LogP contribution in [0.4, 0.5) is 0 Å². The molecule has 0 atom stereocenters. The lowest BCUT2D eigenvalue weighted by Crippen LogP contribution is -2.23. The Hall–Kier alpha value is -1.42. The van der Waals surface area contributed by atoms with Gasteiger partial charge >= 0.3 is 5.97 Å². The minimum Gasteiger partial charge on any atom is -0.478 e. The third-order valence-corrected chi connectivity index (χ3v) is 2.36. The van der Waals surface area contributed by atoms with Crippen molar-refractivity contribution >= 4 is 5.97 Å². The van der Waals surface area contributed by atoms with Gasteiger partial charge in [0.1, 0.15) is 0 Å². The van der Waals surface area contributed by atoms with Crippen molar-refractivity contribution in [3.05, 3.63) is 29.1 Å². The highest BCUT2D eigenvalue weighted by Gasteiger charge is 2.09. The molecule has 0 radical (unpaired) electrons. The van der Waals surface area contributed by atoms with Crippen LogP contribution in [0.2, 0.25) is 0 Å². The second kappa shape index (κ2) is 5.77. The summed E-state index contributed by atoms with van der Waals surface area (Å²) in [4.78, 5) is 17.4. The van der Waals surface area contributed by atoms with Crippen LogP contribution in [0.1, 0.15) is 35.6 Å². The summed E-state index contributed by atoms with van der Waals surface area (Å²) < 4.78 is 0. The van der Waals surface area contributed by atoms with E-state index in [2.05, 4.69) is 23.7 Å². The van der Waals surface area contributed by atoms with Gasteiger partial charge in [-0.3, -0.25) is 4.98 Å². The van der Waals surface area contributed by atoms with Crippen molar-refractivity contribution in [1.29, 1.82) is 0 Å². The molecule has 17 heavy (non-hydrogen) atoms. The van der Waals surface area contributed by atoms with Crippen LogP contribution in [0.25, 0.3) is 0 Å². The topological polar surface area (TPSA) is 53.4 Å². The standard InChI is InChI=1S/C13H20N2O2/c1-9(2)7-15(4)8-12-6-11(13(16)17)5-10(3)14-12/h5-6,9H,7-8H2,1-4H3,(H,16,17). The van der Waals surface area contributed by atoms with Crippen LogP contribution in [0.3, 0.4) is 0 Å². The quantitative estimate of drug-likeness (QED) is 0.851. The molecule has 4 heteroatoms. The SMILES string of the molecule is Cc1cc(C(=O)O)cc(CN(C)CC(C)C)n1. The minimum atomic E-state index is -0.900. The summed E-state index contributed by atoms with van der Waals surface area (Å²) in [5.74, 6) is -0.313. The molecule has 1 aromatic rings. The first-order valence-electron chi connectivity index (χ1n) is 5.78. The monoisotopic (exact) mass is 236 g/mol. The van der Waals surface area contributed by atoms with Crippen LogP contribution in [0, 0.1) is 12.8 Å². The highest BCUT2D eigenvalue weighted by molar-refractivity contribution is 5.87. The molecule has 1 heterocycles. The fourth-order valence-electron chi connectivity index (χ4n) is 1.91. The van der Waals surface area contributed by atoms with Gasteiger partial charge < -0.3 is 10.0 Å². The van der Waals surface area contributed by atoms with Crippen LogP contribution in [0.5, 0.6) is 0 Å². The number of nitrogens with zero attached hydrogens (tertiary/aromatic N) is 2. The van der Waals surface area contributed by atoms with E-state index in [0.29, 0.717) is 18.0 Å². The number of aromatic nitrogens is 1. The second-order valence-corrected chi connectivity index (χ2v) is 4.88. The van der Waals surface area contributed by atoms with Crippen LogP contribution in [0.15, 0.2) is 12.1 Å². The van der Waals surface area contributed by atoms with E-state index in [1.165, 1.54) is 0 Å². The Bertz CT molecular complexity index is 402. The van der Waals surface area contributed by atoms with Gasteiger partial charge in [0.25, 0.3) is 0 Å². The average Bonchev–Trinajstić information content (AvgIpc) is 2.14. The maximum Gasteiger partial charge on any atom is 0.335 e. The Labute approximate surface area is 102 Å². The molecular formula is C13H20N2O2. The molecule has 1 N–H and O–H groups in total. The molecule has 0 saturated carbocycles. The van der Waals surface area contributed by atoms with Crippen molar-refractivity contribution in [3.8, 4) is 0 Å². The van der Waals surface area contributed by atoms with Crippen molar-refractivity contribution in [2.24, 2.45) is 5.92 Å². The molecule has 1 rings (SSSR count). The maximum absolute atomic E-state index is 10.9. The van der Waals surface area contributed by atoms with E-state index in [-0.39, 0.29) is 0 Å². The molecular weight excluding hydrogens is 216 g/mol. The highest BCUT2D eigenvalue weighted by Crippen LogP contribution is 2.09. The molecule has 0 spiro atoms. The number of pyridine rings is 1. The summed E-state index contributed by atoms with van der Waals surface area (Å²) in [5.41, 5.74) is 1.87. The molecule has 0 amide bonds. The smallest absolute Gasteiger partial charge is 0.335 e. The van der Waals surface area contributed by atoms with Crippen molar-refractivity contribution in [2.75, 3.05) is 13.6 Å². The number of carbonyl (C=O) groups is 1. The van der Waals surface area contributed by atoms with Crippen LogP contribution < -0.4 is 0 Å². The first-order chi connectivity index (χ1) is 7.88. The highest BCUT2D eigenvalue weighted by atomic mass is 16.4. The number of carboxylic acids is 1. The number of carboxylic acid groups (broad SMARTS) is 1. The summed E-state index contributed by atoms with van der Waals surface area (Å²) in [6, 6.07) is 3.24. The fourth-order valence-corrected chi connectivity index (χ4v) is 1.91. The normalized spacial score (nSPS) is 11.2. The molecule has 94 valence electrons. The Morgan fingerprint density at radius 3 is 2.65 bits per heavy atom. The lowest BCUT2D eigenvalue weighted by molar-refractivity contribution is 0.0696. The fraction of sp³-hybridized carbons (Fsp3) is 0.538. The van der Waals surface area contributed by atoms with E-state index in [9.17, 15) is 4.79 Å². The van der Waals surface area contributed by atoms with Gasteiger partial charge in [-0.2, -0.15) is 0 Å². The van der Waals surface area contributed by atoms with Gasteiger partial charge in [0, 0.05) is 18.8 Å². The van der Waals surface area contributed by atoms with Gasteiger partial charge in [0.05, 0.1) is 11.3 Å². The first-order valence-corrected chi connectivity index (χ1v) is 5.78. The van der Waals surface area contributed by atoms with Gasteiger partial charge in [-0.05, 0) is 32.0 Å². The molecule has 0 unspecified atom stereocenters. The van der Waals surface area contributed by atoms with Crippen molar-refractivity contribution in [1.82, 2.24) is 9.88 Å². The van der Waals surface area contributed by atoms with E-state index in [4.69, 9.17) is 5.11 Å². The zero-order valence-electron chi connectivity index (χ0n) is 10.9. The number of aromatic carboxylic acids is 1. The van der Waals surface area contributed by atoms with Crippen molar-refractivity contribution < 1.29 is 9.90 Å². The largest absolute Gasteiger partial charge is 0.478 e. The van der Waals surface area contributed by atoms with Crippen LogP contribution in [-0.2, 0) is 6.54 Å². The van der Waals surface area contributed by atoms with Crippen LogP contribution >= 0.6 is 0 Å². The van der Waals surface area contributed by atoms with Crippen molar-refractivity contribution in [2.45, 2.75) is 27.3 Å². The predicted molar refractivity (Wildman–Crippen MR) is 67.1 cm³/mol. The third-order valence-electron chi connectivity index (χ3n) is 2.36. The molecule has 0 fully saturated rings. The number of hydrogen-bond donors (Lipinski definition) is 1. The van der Waals surface area contributed by atoms with E-state index < -0.39 is 5.97 Å². The summed E-state index contributed by atoms with van der Waals surface area (Å²) >= 11 is 0. The summed E-state index contributed by atoms with van der Waals surface area (Å²) in [6.07, 6.45) is 0. The molecule has 4 nitrogen and oxygen atoms in total. The molecule has 0 saturated heterocycles. The zero-order valence-corrected chi connectivity index (χ0v) is 10.9. The summed E-state index contributed by atoms with van der Waals surface area (Å²) in [5, 5.41) is 8.97. The van der Waals surface area contributed by atoms with Gasteiger partial charge in [-0.15, -0.1) is 0 Å². The Morgan fingerprint density at radius 2 is 2.12 bits per heavy atom. The molecule has 0 bridgehead atoms. The molecule has 1 aromatic heterocycles. The second-order valence-electron chi connectivity index (χ2n) is 4.88. The van der Waals surface area contributed by atoms with Gasteiger partial charge in [-0.1, -0.05) is 13.8 Å². The Morgan fingerprint density at radius 1 is 1.47 bits per heavy atom. The van der Waals surface area contributed by atoms with Crippen LogP contribution in [-0.4, -0.2) is 34.6 Å². The minimum absolute atomic E-state index is 0.311. The Kier molecular flexibility index (Phi) is 4.63. The zero-order chi connectivity index (χ0) is 13.0. The summed E-state index contributed by atoms with van der Waals surface area (Å²) in [6.45, 7) is 7.78. The van der Waals surface area contributed by atoms with E-state index in [1.54, 1.807) is 12.1 Å². The average molecular weight is 236 g/mol. The molecule has 0 aliphatic carbocycles. The van der Waals surface area contributed by atoms with Gasteiger partial charge in [0.2, 0.25) is 0 Å². The van der Waals surface area contributed by atoms with E-state index in [1.807, 2.05) is 14.0 Å². The summed E-state index contributed by atoms with van der Waals surface area (Å²) in [7, 11) is 2.02. The maximum atomic E-state index is 10.9. The molecule has 0 aliphatic heterocycles. The first kappa shape index (κ1) is 13.6. The number of rotatable bonds is 5. The lowest BCUT2D eigenvalue weighted by Gasteiger charge is -2.18. The molecule has 0 aromatic carbocycles. The van der Waals surface area contributed by atoms with Gasteiger partial charge in [-0.25, -0.2) is 4.79 Å². The predicted octanol–water partition coefficient (Wildman–Crippen LogP) is 2.18.